The van der Waals surface area contributed by atoms with Gasteiger partial charge in [-0.15, -0.1) is 0 Å². The molecule has 102 valence electrons. The molecule has 0 aromatic heterocycles. The van der Waals surface area contributed by atoms with E-state index in [1.807, 2.05) is 0 Å². The maximum absolute atomic E-state index is 9.24. The first kappa shape index (κ1) is 15.0. The van der Waals surface area contributed by atoms with Crippen LogP contribution in [0.5, 0.6) is 0 Å². The van der Waals surface area contributed by atoms with Crippen LogP contribution in [0.25, 0.3) is 0 Å². The van der Waals surface area contributed by atoms with Crippen molar-refractivity contribution in [1.29, 1.82) is 0 Å². The van der Waals surface area contributed by atoms with Crippen molar-refractivity contribution in [3.05, 3.63) is 29.8 Å². The van der Waals surface area contributed by atoms with Crippen LogP contribution in [0.2, 0.25) is 0 Å². The maximum Gasteiger partial charge on any atom is 0.0476 e. The van der Waals surface area contributed by atoms with Gasteiger partial charge in [-0.25, -0.2) is 0 Å². The minimum Gasteiger partial charge on any atom is -0.396 e. The first-order valence-corrected chi connectivity index (χ1v) is 6.97. The monoisotopic (exact) mass is 249 g/mol. The molecule has 0 heterocycles. The molecule has 1 unspecified atom stereocenters. The average molecular weight is 249 g/mol. The summed E-state index contributed by atoms with van der Waals surface area (Å²) in [6, 6.07) is 8.79. The van der Waals surface area contributed by atoms with Crippen LogP contribution >= 0.6 is 0 Å². The highest BCUT2D eigenvalue weighted by atomic mass is 16.3. The molecule has 18 heavy (non-hydrogen) atoms. The Labute approximate surface area is 112 Å². The number of rotatable bonds is 7. The Kier molecular flexibility index (Phi) is 6.20. The van der Waals surface area contributed by atoms with E-state index in [4.69, 9.17) is 0 Å². The van der Waals surface area contributed by atoms with Gasteiger partial charge in [-0.2, -0.15) is 0 Å². The standard InChI is InChI=1S/C16H27NO/c1-5-14(12-18)11-17(4)16-8-6-15(7-9-16)10-13(2)3/h6-9,13-14,18H,5,10-12H2,1-4H3. The summed E-state index contributed by atoms with van der Waals surface area (Å²) in [7, 11) is 2.09. The molecule has 2 heteroatoms. The van der Waals surface area contributed by atoms with E-state index in [2.05, 4.69) is 57.0 Å². The Morgan fingerprint density at radius 2 is 1.78 bits per heavy atom. The van der Waals surface area contributed by atoms with Gasteiger partial charge < -0.3 is 10.0 Å². The summed E-state index contributed by atoms with van der Waals surface area (Å²) >= 11 is 0. The van der Waals surface area contributed by atoms with Crippen molar-refractivity contribution in [1.82, 2.24) is 0 Å². The third-order valence-electron chi connectivity index (χ3n) is 3.39. The molecule has 0 aliphatic rings. The highest BCUT2D eigenvalue weighted by Gasteiger charge is 2.09. The number of benzene rings is 1. The molecule has 2 nitrogen and oxygen atoms in total. The molecule has 0 amide bonds. The zero-order valence-corrected chi connectivity index (χ0v) is 12.2. The smallest absolute Gasteiger partial charge is 0.0476 e. The molecule has 0 aliphatic carbocycles. The summed E-state index contributed by atoms with van der Waals surface area (Å²) < 4.78 is 0. The lowest BCUT2D eigenvalue weighted by molar-refractivity contribution is 0.225. The fourth-order valence-corrected chi connectivity index (χ4v) is 2.17. The van der Waals surface area contributed by atoms with E-state index in [9.17, 15) is 5.11 Å². The second kappa shape index (κ2) is 7.42. The fraction of sp³-hybridized carbons (Fsp3) is 0.625. The Balaban J connectivity index is 2.61. The molecule has 1 atom stereocenters. The molecule has 0 radical (unpaired) electrons. The van der Waals surface area contributed by atoms with Crippen molar-refractivity contribution in [2.75, 3.05) is 25.1 Å². The van der Waals surface area contributed by atoms with Crippen LogP contribution in [0.1, 0.15) is 32.8 Å². The van der Waals surface area contributed by atoms with Gasteiger partial charge >= 0.3 is 0 Å². The van der Waals surface area contributed by atoms with Gasteiger partial charge in [-0.05, 0) is 42.4 Å². The molecule has 0 saturated carbocycles. The van der Waals surface area contributed by atoms with Gasteiger partial charge in [0.15, 0.2) is 0 Å². The van der Waals surface area contributed by atoms with Gasteiger partial charge in [-0.1, -0.05) is 32.9 Å². The zero-order valence-electron chi connectivity index (χ0n) is 12.2. The van der Waals surface area contributed by atoms with E-state index in [-0.39, 0.29) is 6.61 Å². The van der Waals surface area contributed by atoms with E-state index in [0.717, 1.165) is 19.4 Å². The van der Waals surface area contributed by atoms with Crippen LogP contribution in [0, 0.1) is 11.8 Å². The van der Waals surface area contributed by atoms with E-state index < -0.39 is 0 Å². The number of hydrogen-bond acceptors (Lipinski definition) is 2. The molecule has 0 spiro atoms. The Bertz CT molecular complexity index is 327. The second-order valence-corrected chi connectivity index (χ2v) is 5.60. The number of nitrogens with zero attached hydrogens (tertiary/aromatic N) is 1. The molecule has 1 N–H and O–H groups in total. The van der Waals surface area contributed by atoms with Gasteiger partial charge in [0.05, 0.1) is 0 Å². The lowest BCUT2D eigenvalue weighted by Gasteiger charge is -2.24. The van der Waals surface area contributed by atoms with E-state index in [1.54, 1.807) is 0 Å². The van der Waals surface area contributed by atoms with Crippen molar-refractivity contribution in [2.24, 2.45) is 11.8 Å². The molecule has 0 saturated heterocycles. The molecule has 0 aliphatic heterocycles. The first-order chi connectivity index (χ1) is 8.56. The maximum atomic E-state index is 9.24. The average Bonchev–Trinajstić information content (AvgIpc) is 2.35. The highest BCUT2D eigenvalue weighted by molar-refractivity contribution is 5.46. The molecular weight excluding hydrogens is 222 g/mol. The molecule has 1 rings (SSSR count). The van der Waals surface area contributed by atoms with Crippen molar-refractivity contribution in [3.8, 4) is 0 Å². The minimum absolute atomic E-state index is 0.270. The highest BCUT2D eigenvalue weighted by Crippen LogP contribution is 2.17. The quantitative estimate of drug-likeness (QED) is 0.801. The number of anilines is 1. The van der Waals surface area contributed by atoms with Crippen LogP contribution in [0.15, 0.2) is 24.3 Å². The lowest BCUT2D eigenvalue weighted by Crippen LogP contribution is -2.27. The lowest BCUT2D eigenvalue weighted by atomic mass is 10.0. The minimum atomic E-state index is 0.270. The summed E-state index contributed by atoms with van der Waals surface area (Å²) in [5.41, 5.74) is 2.63. The summed E-state index contributed by atoms with van der Waals surface area (Å²) in [5, 5.41) is 9.24. The van der Waals surface area contributed by atoms with Crippen molar-refractivity contribution >= 4 is 5.69 Å². The number of aliphatic hydroxyl groups excluding tert-OH is 1. The Morgan fingerprint density at radius 3 is 2.22 bits per heavy atom. The van der Waals surface area contributed by atoms with Crippen LogP contribution in [-0.4, -0.2) is 25.3 Å². The van der Waals surface area contributed by atoms with Gasteiger partial charge in [0.1, 0.15) is 0 Å². The van der Waals surface area contributed by atoms with E-state index in [1.165, 1.54) is 11.3 Å². The van der Waals surface area contributed by atoms with Crippen LogP contribution in [-0.2, 0) is 6.42 Å². The summed E-state index contributed by atoms with van der Waals surface area (Å²) in [6.07, 6.45) is 2.16. The zero-order chi connectivity index (χ0) is 13.5. The summed E-state index contributed by atoms with van der Waals surface area (Å²) in [5.74, 6) is 1.07. The van der Waals surface area contributed by atoms with E-state index in [0.29, 0.717) is 11.8 Å². The van der Waals surface area contributed by atoms with Crippen LogP contribution in [0.4, 0.5) is 5.69 Å². The predicted molar refractivity (Wildman–Crippen MR) is 79.1 cm³/mol. The molecule has 0 bridgehead atoms. The van der Waals surface area contributed by atoms with Crippen molar-refractivity contribution in [3.63, 3.8) is 0 Å². The Morgan fingerprint density at radius 1 is 1.17 bits per heavy atom. The van der Waals surface area contributed by atoms with Crippen LogP contribution < -0.4 is 4.90 Å². The molecular formula is C16H27NO. The summed E-state index contributed by atoms with van der Waals surface area (Å²) in [6.45, 7) is 7.80. The summed E-state index contributed by atoms with van der Waals surface area (Å²) in [4.78, 5) is 2.23. The van der Waals surface area contributed by atoms with Crippen molar-refractivity contribution < 1.29 is 5.11 Å². The topological polar surface area (TPSA) is 23.5 Å². The number of hydrogen-bond donors (Lipinski definition) is 1. The van der Waals surface area contributed by atoms with Gasteiger partial charge in [0, 0.05) is 25.9 Å². The normalized spacial score (nSPS) is 12.8. The molecule has 1 aromatic carbocycles. The van der Waals surface area contributed by atoms with Crippen molar-refractivity contribution in [2.45, 2.75) is 33.6 Å². The Hall–Kier alpha value is -1.02. The third-order valence-corrected chi connectivity index (χ3v) is 3.39. The number of aliphatic hydroxyl groups is 1. The third kappa shape index (κ3) is 4.69. The first-order valence-electron chi connectivity index (χ1n) is 6.97. The van der Waals surface area contributed by atoms with Gasteiger partial charge in [0.25, 0.3) is 0 Å². The second-order valence-electron chi connectivity index (χ2n) is 5.60. The van der Waals surface area contributed by atoms with Gasteiger partial charge in [0.2, 0.25) is 0 Å². The largest absolute Gasteiger partial charge is 0.396 e. The SMILES string of the molecule is CCC(CO)CN(C)c1ccc(CC(C)C)cc1. The fourth-order valence-electron chi connectivity index (χ4n) is 2.17. The predicted octanol–water partition coefficient (Wildman–Crippen LogP) is 3.34. The van der Waals surface area contributed by atoms with Gasteiger partial charge in [-0.3, -0.25) is 0 Å². The van der Waals surface area contributed by atoms with E-state index >= 15 is 0 Å². The molecule has 0 fully saturated rings. The van der Waals surface area contributed by atoms with Crippen LogP contribution in [0.3, 0.4) is 0 Å². The molecule has 1 aromatic rings.